The van der Waals surface area contributed by atoms with E-state index >= 15 is 0 Å². The first-order valence-electron chi connectivity index (χ1n) is 8.80. The number of aldehydes is 1. The molecular formula is C20H27NO4. The summed E-state index contributed by atoms with van der Waals surface area (Å²) in [7, 11) is 0. The lowest BCUT2D eigenvalue weighted by Crippen LogP contribution is -2.26. The van der Waals surface area contributed by atoms with Crippen molar-refractivity contribution in [3.63, 3.8) is 0 Å². The van der Waals surface area contributed by atoms with Crippen molar-refractivity contribution in [2.24, 2.45) is 11.7 Å². The zero-order valence-electron chi connectivity index (χ0n) is 15.2. The molecule has 0 radical (unpaired) electrons. The van der Waals surface area contributed by atoms with E-state index < -0.39 is 11.5 Å². The minimum absolute atomic E-state index is 0.149. The Morgan fingerprint density at radius 3 is 2.36 bits per heavy atom. The number of primary amides is 1. The van der Waals surface area contributed by atoms with Gasteiger partial charge in [-0.25, -0.2) is 0 Å². The number of rotatable bonds is 5. The van der Waals surface area contributed by atoms with Crippen molar-refractivity contribution in [3.8, 4) is 0 Å². The van der Waals surface area contributed by atoms with E-state index in [1.165, 1.54) is 0 Å². The van der Waals surface area contributed by atoms with E-state index in [0.717, 1.165) is 31.2 Å². The van der Waals surface area contributed by atoms with Gasteiger partial charge in [0.05, 0.1) is 0 Å². The summed E-state index contributed by atoms with van der Waals surface area (Å²) in [5.41, 5.74) is 6.82. The Labute approximate surface area is 148 Å². The second kappa shape index (κ2) is 7.81. The molecule has 1 aromatic rings. The molecule has 2 N–H and O–H groups in total. The molecular weight excluding hydrogens is 318 g/mol. The highest BCUT2D eigenvalue weighted by Crippen LogP contribution is 2.38. The van der Waals surface area contributed by atoms with Crippen LogP contribution >= 0.6 is 0 Å². The Kier molecular flexibility index (Phi) is 5.98. The molecule has 1 aromatic carbocycles. The highest BCUT2D eigenvalue weighted by atomic mass is 16.6. The summed E-state index contributed by atoms with van der Waals surface area (Å²) in [6.07, 6.45) is 4.78. The van der Waals surface area contributed by atoms with Gasteiger partial charge < -0.3 is 10.5 Å². The minimum atomic E-state index is -0.505. The second-order valence-electron chi connectivity index (χ2n) is 7.84. The van der Waals surface area contributed by atoms with Gasteiger partial charge in [0.2, 0.25) is 5.91 Å². The summed E-state index contributed by atoms with van der Waals surface area (Å²) in [6, 6.07) is 5.13. The third-order valence-electron chi connectivity index (χ3n) is 4.64. The summed E-state index contributed by atoms with van der Waals surface area (Å²) >= 11 is 0. The molecule has 0 heterocycles. The Morgan fingerprint density at radius 1 is 1.20 bits per heavy atom. The van der Waals surface area contributed by atoms with Gasteiger partial charge in [-0.05, 0) is 69.9 Å². The molecule has 0 unspecified atom stereocenters. The molecule has 1 amide bonds. The van der Waals surface area contributed by atoms with Crippen LogP contribution in [-0.2, 0) is 9.53 Å². The summed E-state index contributed by atoms with van der Waals surface area (Å²) in [4.78, 5) is 34.6. The molecule has 0 saturated heterocycles. The maximum Gasteiger partial charge on any atom is 0.306 e. The summed E-state index contributed by atoms with van der Waals surface area (Å²) < 4.78 is 5.39. The third kappa shape index (κ3) is 5.41. The number of carbonyl (C=O) groups excluding carboxylic acids is 3. The Morgan fingerprint density at radius 2 is 1.84 bits per heavy atom. The predicted octanol–water partition coefficient (Wildman–Crippen LogP) is 3.60. The molecule has 1 aliphatic carbocycles. The smallest absolute Gasteiger partial charge is 0.306 e. The standard InChI is InChI=1S/C20H27NO4/c1-20(2,3)25-18(23)11-13-4-7-15(8-5-13)16-9-6-14(12-22)10-17(16)19(21)24/h6,9-10,12-13,15H,4-5,7-8,11H2,1-3H3,(H2,21,24). The maximum atomic E-state index is 12.0. The van der Waals surface area contributed by atoms with Gasteiger partial charge in [0, 0.05) is 17.5 Å². The summed E-state index contributed by atoms with van der Waals surface area (Å²) in [6.45, 7) is 5.61. The average Bonchev–Trinajstić information content (AvgIpc) is 2.53. The van der Waals surface area contributed by atoms with Gasteiger partial charge >= 0.3 is 5.97 Å². The second-order valence-corrected chi connectivity index (χ2v) is 7.84. The van der Waals surface area contributed by atoms with Crippen molar-refractivity contribution < 1.29 is 19.1 Å². The van der Waals surface area contributed by atoms with E-state index in [1.807, 2.05) is 26.8 Å². The zero-order valence-corrected chi connectivity index (χ0v) is 15.2. The number of ether oxygens (including phenoxy) is 1. The van der Waals surface area contributed by atoms with Crippen LogP contribution in [0.5, 0.6) is 0 Å². The normalized spacial score (nSPS) is 20.8. The summed E-state index contributed by atoms with van der Waals surface area (Å²) in [5.74, 6) is -0.103. The number of esters is 1. The van der Waals surface area contributed by atoms with E-state index in [9.17, 15) is 14.4 Å². The van der Waals surface area contributed by atoms with Crippen LogP contribution < -0.4 is 5.73 Å². The lowest BCUT2D eigenvalue weighted by atomic mass is 9.76. The Balaban J connectivity index is 1.99. The fraction of sp³-hybridized carbons (Fsp3) is 0.550. The molecule has 0 aromatic heterocycles. The molecule has 5 nitrogen and oxygen atoms in total. The molecule has 1 fully saturated rings. The number of amides is 1. The van der Waals surface area contributed by atoms with Gasteiger partial charge in [0.25, 0.3) is 0 Å². The van der Waals surface area contributed by atoms with Gasteiger partial charge in [-0.3, -0.25) is 14.4 Å². The van der Waals surface area contributed by atoms with Gasteiger partial charge in [-0.15, -0.1) is 0 Å². The maximum absolute atomic E-state index is 12.0. The van der Waals surface area contributed by atoms with Gasteiger partial charge in [-0.1, -0.05) is 12.1 Å². The number of benzene rings is 1. The number of hydrogen-bond donors (Lipinski definition) is 1. The van der Waals surface area contributed by atoms with Crippen LogP contribution in [0.2, 0.25) is 0 Å². The molecule has 0 bridgehead atoms. The number of hydrogen-bond acceptors (Lipinski definition) is 4. The Hall–Kier alpha value is -2.17. The monoisotopic (exact) mass is 345 g/mol. The minimum Gasteiger partial charge on any atom is -0.460 e. The molecule has 0 atom stereocenters. The molecule has 0 aliphatic heterocycles. The van der Waals surface area contributed by atoms with Crippen LogP contribution in [0.3, 0.4) is 0 Å². The van der Waals surface area contributed by atoms with E-state index in [4.69, 9.17) is 10.5 Å². The molecule has 5 heteroatoms. The first-order valence-corrected chi connectivity index (χ1v) is 8.80. The van der Waals surface area contributed by atoms with Crippen LogP contribution in [0.15, 0.2) is 18.2 Å². The fourth-order valence-electron chi connectivity index (χ4n) is 3.51. The van der Waals surface area contributed by atoms with Crippen molar-refractivity contribution in [2.75, 3.05) is 0 Å². The molecule has 1 saturated carbocycles. The van der Waals surface area contributed by atoms with Crippen molar-refractivity contribution >= 4 is 18.2 Å². The molecule has 25 heavy (non-hydrogen) atoms. The molecule has 1 aliphatic rings. The van der Waals surface area contributed by atoms with Crippen molar-refractivity contribution in [3.05, 3.63) is 34.9 Å². The van der Waals surface area contributed by atoms with Crippen molar-refractivity contribution in [1.29, 1.82) is 0 Å². The van der Waals surface area contributed by atoms with Gasteiger partial charge in [0.1, 0.15) is 11.9 Å². The lowest BCUT2D eigenvalue weighted by Gasteiger charge is -2.30. The van der Waals surface area contributed by atoms with Crippen LogP contribution in [0, 0.1) is 5.92 Å². The largest absolute Gasteiger partial charge is 0.460 e. The highest BCUT2D eigenvalue weighted by molar-refractivity contribution is 5.96. The third-order valence-corrected chi connectivity index (χ3v) is 4.64. The number of carbonyl (C=O) groups is 3. The predicted molar refractivity (Wildman–Crippen MR) is 95.5 cm³/mol. The SMILES string of the molecule is CC(C)(C)OC(=O)CC1CCC(c2ccc(C=O)cc2C(N)=O)CC1. The van der Waals surface area contributed by atoms with E-state index in [1.54, 1.807) is 12.1 Å². The Bertz CT molecular complexity index is 652. The summed E-state index contributed by atoms with van der Waals surface area (Å²) in [5, 5.41) is 0. The van der Waals surface area contributed by atoms with Gasteiger partial charge in [0.15, 0.2) is 0 Å². The number of nitrogens with two attached hydrogens (primary N) is 1. The van der Waals surface area contributed by atoms with Crippen LogP contribution in [0.25, 0.3) is 0 Å². The first kappa shape index (κ1) is 19.2. The fourth-order valence-corrected chi connectivity index (χ4v) is 3.51. The van der Waals surface area contributed by atoms with Crippen molar-refractivity contribution in [1.82, 2.24) is 0 Å². The molecule has 136 valence electrons. The van der Waals surface area contributed by atoms with Crippen LogP contribution in [0.4, 0.5) is 0 Å². The average molecular weight is 345 g/mol. The van der Waals surface area contributed by atoms with Crippen LogP contribution in [0.1, 0.15) is 85.1 Å². The van der Waals surface area contributed by atoms with Crippen molar-refractivity contribution in [2.45, 2.75) is 64.4 Å². The topological polar surface area (TPSA) is 86.5 Å². The van der Waals surface area contributed by atoms with E-state index in [0.29, 0.717) is 29.8 Å². The molecule has 0 spiro atoms. The lowest BCUT2D eigenvalue weighted by molar-refractivity contribution is -0.156. The van der Waals surface area contributed by atoms with E-state index in [2.05, 4.69) is 0 Å². The highest BCUT2D eigenvalue weighted by Gasteiger charge is 2.28. The zero-order chi connectivity index (χ0) is 18.6. The van der Waals surface area contributed by atoms with E-state index in [-0.39, 0.29) is 11.9 Å². The molecule has 2 rings (SSSR count). The van der Waals surface area contributed by atoms with Crippen LogP contribution in [-0.4, -0.2) is 23.8 Å². The first-order chi connectivity index (χ1) is 11.7. The van der Waals surface area contributed by atoms with Gasteiger partial charge in [-0.2, -0.15) is 0 Å². The quantitative estimate of drug-likeness (QED) is 0.652.